The lowest BCUT2D eigenvalue weighted by atomic mass is 10.2. The molecule has 9 nitrogen and oxygen atoms in total. The molecule has 29 heavy (non-hydrogen) atoms. The number of aromatic nitrogens is 1. The smallest absolute Gasteiger partial charge is 0.249 e. The van der Waals surface area contributed by atoms with Crippen LogP contribution in [-0.2, 0) is 25.7 Å². The van der Waals surface area contributed by atoms with Crippen molar-refractivity contribution in [3.05, 3.63) is 48.2 Å². The number of amides is 2. The summed E-state index contributed by atoms with van der Waals surface area (Å²) in [5.41, 5.74) is 0.990. The van der Waals surface area contributed by atoms with E-state index >= 15 is 0 Å². The molecule has 2 aromatic rings. The summed E-state index contributed by atoms with van der Waals surface area (Å²) >= 11 is 0. The Balaban J connectivity index is 1.51. The number of benzene rings is 1. The number of nitrogens with zero attached hydrogens (tertiary/aromatic N) is 3. The molecule has 1 saturated heterocycles. The number of carbonyl (C=O) groups excluding carboxylic acids is 2. The fourth-order valence-electron chi connectivity index (χ4n) is 2.93. The van der Waals surface area contributed by atoms with Gasteiger partial charge in [0.05, 0.1) is 19.8 Å². The van der Waals surface area contributed by atoms with Gasteiger partial charge in [-0.3, -0.25) is 14.5 Å². The molecule has 0 aliphatic carbocycles. The molecule has 1 aromatic carbocycles. The van der Waals surface area contributed by atoms with E-state index in [-0.39, 0.29) is 25.0 Å². The largest absolute Gasteiger partial charge is 0.379 e. The molecule has 1 aliphatic rings. The lowest BCUT2D eigenvalue weighted by Gasteiger charge is -2.29. The maximum Gasteiger partial charge on any atom is 0.249 e. The number of nitrogens with one attached hydrogen (secondary N) is 1. The summed E-state index contributed by atoms with van der Waals surface area (Å²) in [4.78, 5) is 28.7. The highest BCUT2D eigenvalue weighted by Gasteiger charge is 2.20. The third kappa shape index (κ3) is 7.30. The minimum atomic E-state index is -0.336. The van der Waals surface area contributed by atoms with E-state index in [0.29, 0.717) is 38.7 Å². The van der Waals surface area contributed by atoms with Crippen molar-refractivity contribution in [2.24, 2.45) is 0 Å². The summed E-state index contributed by atoms with van der Waals surface area (Å²) in [5, 5.41) is 6.27. The normalized spacial score (nSPS) is 14.5. The Kier molecular flexibility index (Phi) is 8.17. The van der Waals surface area contributed by atoms with Crippen LogP contribution in [0.4, 0.5) is 5.82 Å². The zero-order chi connectivity index (χ0) is 20.3. The van der Waals surface area contributed by atoms with Gasteiger partial charge in [0.15, 0.2) is 5.82 Å². The van der Waals surface area contributed by atoms with Gasteiger partial charge in [0.1, 0.15) is 19.4 Å². The first-order chi connectivity index (χ1) is 14.2. The number of morpholine rings is 1. The topological polar surface area (TPSA) is 97.1 Å². The van der Waals surface area contributed by atoms with Crippen molar-refractivity contribution in [2.75, 3.05) is 57.9 Å². The van der Waals surface area contributed by atoms with E-state index in [1.165, 1.54) is 11.2 Å². The number of hydrogen-bond acceptors (Lipinski definition) is 7. The highest BCUT2D eigenvalue weighted by Crippen LogP contribution is 2.04. The lowest BCUT2D eigenvalue weighted by Crippen LogP contribution is -2.46. The number of rotatable bonds is 10. The third-order valence-corrected chi connectivity index (χ3v) is 4.52. The second-order valence-corrected chi connectivity index (χ2v) is 6.68. The van der Waals surface area contributed by atoms with Crippen molar-refractivity contribution >= 4 is 17.6 Å². The molecule has 0 bridgehead atoms. The minimum Gasteiger partial charge on any atom is -0.379 e. The number of ether oxygens (including phenoxy) is 2. The summed E-state index contributed by atoms with van der Waals surface area (Å²) in [7, 11) is 0. The molecule has 0 saturated carbocycles. The predicted molar refractivity (Wildman–Crippen MR) is 105 cm³/mol. The third-order valence-electron chi connectivity index (χ3n) is 4.52. The van der Waals surface area contributed by atoms with Crippen LogP contribution >= 0.6 is 0 Å². The predicted octanol–water partition coefficient (Wildman–Crippen LogP) is 0.991. The minimum absolute atomic E-state index is 0.0786. The van der Waals surface area contributed by atoms with E-state index in [1.807, 2.05) is 30.3 Å². The van der Waals surface area contributed by atoms with Gasteiger partial charge in [0, 0.05) is 32.2 Å². The fraction of sp³-hybridized carbons (Fsp3) is 0.450. The van der Waals surface area contributed by atoms with Crippen LogP contribution in [0, 0.1) is 0 Å². The monoisotopic (exact) mass is 402 g/mol. The van der Waals surface area contributed by atoms with E-state index in [2.05, 4.69) is 15.4 Å². The molecule has 2 heterocycles. The Labute approximate surface area is 169 Å². The quantitative estimate of drug-likeness (QED) is 0.633. The van der Waals surface area contributed by atoms with Crippen LogP contribution in [0.1, 0.15) is 5.56 Å². The fourth-order valence-corrected chi connectivity index (χ4v) is 2.93. The summed E-state index contributed by atoms with van der Waals surface area (Å²) in [5.74, 6) is -0.252. The Hall–Kier alpha value is -2.75. The molecular formula is C20H26N4O5. The molecule has 0 atom stereocenters. The molecule has 3 rings (SSSR count). The maximum absolute atomic E-state index is 12.7. The van der Waals surface area contributed by atoms with Gasteiger partial charge in [-0.2, -0.15) is 0 Å². The SMILES string of the molecule is O=C(CN(CCN1CCOCC1)C(=O)COCc1ccccc1)Nc1ccon1. The molecule has 1 aliphatic heterocycles. The molecule has 1 aromatic heterocycles. The van der Waals surface area contributed by atoms with Gasteiger partial charge in [-0.1, -0.05) is 35.5 Å². The standard InChI is InChI=1S/C20H26N4O5/c25-19(21-18-6-11-29-22-18)14-24(8-7-23-9-12-27-13-10-23)20(26)16-28-15-17-4-2-1-3-5-17/h1-6,11H,7-10,12-16H2,(H,21,22,25). The van der Waals surface area contributed by atoms with Gasteiger partial charge in [-0.05, 0) is 5.56 Å². The average Bonchev–Trinajstić information content (AvgIpc) is 3.25. The average molecular weight is 402 g/mol. The highest BCUT2D eigenvalue weighted by atomic mass is 16.5. The van der Waals surface area contributed by atoms with Gasteiger partial charge in [0.25, 0.3) is 0 Å². The van der Waals surface area contributed by atoms with E-state index in [4.69, 9.17) is 14.0 Å². The van der Waals surface area contributed by atoms with Crippen LogP contribution in [0.5, 0.6) is 0 Å². The van der Waals surface area contributed by atoms with Crippen molar-refractivity contribution in [2.45, 2.75) is 6.61 Å². The molecule has 1 fully saturated rings. The van der Waals surface area contributed by atoms with Crippen molar-refractivity contribution in [1.29, 1.82) is 0 Å². The molecular weight excluding hydrogens is 376 g/mol. The lowest BCUT2D eigenvalue weighted by molar-refractivity contribution is -0.139. The van der Waals surface area contributed by atoms with Crippen LogP contribution in [-0.4, -0.2) is 79.3 Å². The van der Waals surface area contributed by atoms with Crippen LogP contribution < -0.4 is 5.32 Å². The van der Waals surface area contributed by atoms with Crippen LogP contribution in [0.25, 0.3) is 0 Å². The summed E-state index contributed by atoms with van der Waals surface area (Å²) < 4.78 is 15.6. The van der Waals surface area contributed by atoms with Gasteiger partial charge < -0.3 is 24.2 Å². The van der Waals surface area contributed by atoms with E-state index in [9.17, 15) is 9.59 Å². The molecule has 1 N–H and O–H groups in total. The number of hydrogen-bond donors (Lipinski definition) is 1. The molecule has 0 unspecified atom stereocenters. The first kappa shape index (κ1) is 21.0. The summed E-state index contributed by atoms with van der Waals surface area (Å²) in [6.45, 7) is 4.27. The van der Waals surface area contributed by atoms with Crippen molar-refractivity contribution in [3.8, 4) is 0 Å². The van der Waals surface area contributed by atoms with Crippen molar-refractivity contribution < 1.29 is 23.6 Å². The zero-order valence-electron chi connectivity index (χ0n) is 16.3. The number of carbonyl (C=O) groups is 2. The van der Waals surface area contributed by atoms with Gasteiger partial charge in [-0.15, -0.1) is 0 Å². The second kappa shape index (κ2) is 11.3. The molecule has 9 heteroatoms. The summed E-state index contributed by atoms with van der Waals surface area (Å²) in [6.07, 6.45) is 1.37. The van der Waals surface area contributed by atoms with E-state index < -0.39 is 0 Å². The summed E-state index contributed by atoms with van der Waals surface area (Å²) in [6, 6.07) is 11.2. The van der Waals surface area contributed by atoms with Gasteiger partial charge in [0.2, 0.25) is 11.8 Å². The van der Waals surface area contributed by atoms with Gasteiger partial charge in [-0.25, -0.2) is 0 Å². The van der Waals surface area contributed by atoms with Crippen LogP contribution in [0.2, 0.25) is 0 Å². The molecule has 2 amide bonds. The first-order valence-electron chi connectivity index (χ1n) is 9.60. The Morgan fingerprint density at radius 2 is 1.97 bits per heavy atom. The van der Waals surface area contributed by atoms with Crippen molar-refractivity contribution in [1.82, 2.24) is 15.0 Å². The Morgan fingerprint density at radius 1 is 1.17 bits per heavy atom. The Morgan fingerprint density at radius 3 is 2.69 bits per heavy atom. The number of anilines is 1. The Bertz CT molecular complexity index is 747. The van der Waals surface area contributed by atoms with Crippen LogP contribution in [0.15, 0.2) is 47.2 Å². The molecule has 156 valence electrons. The van der Waals surface area contributed by atoms with E-state index in [0.717, 1.165) is 18.7 Å². The zero-order valence-corrected chi connectivity index (χ0v) is 16.3. The van der Waals surface area contributed by atoms with Crippen molar-refractivity contribution in [3.63, 3.8) is 0 Å². The van der Waals surface area contributed by atoms with Gasteiger partial charge >= 0.3 is 0 Å². The maximum atomic E-state index is 12.7. The second-order valence-electron chi connectivity index (χ2n) is 6.68. The first-order valence-corrected chi connectivity index (χ1v) is 9.60. The molecule has 0 spiro atoms. The van der Waals surface area contributed by atoms with E-state index in [1.54, 1.807) is 6.07 Å². The van der Waals surface area contributed by atoms with Crippen LogP contribution in [0.3, 0.4) is 0 Å². The molecule has 0 radical (unpaired) electrons. The highest BCUT2D eigenvalue weighted by molar-refractivity contribution is 5.93.